The number of carbonyl (C=O) groups is 1. The Labute approximate surface area is 253 Å². The van der Waals surface area contributed by atoms with Crippen LogP contribution >= 0.6 is 103 Å². The van der Waals surface area contributed by atoms with Gasteiger partial charge in [0, 0.05) is 13.1 Å². The van der Waals surface area contributed by atoms with Gasteiger partial charge in [0.25, 0.3) is 0 Å². The average molecular weight is 919 g/mol. The first-order valence-electron chi connectivity index (χ1n) is 9.98. The lowest BCUT2D eigenvalue weighted by molar-refractivity contribution is -0.139. The molecular weight excluding hydrogens is 898 g/mol. The fourth-order valence-corrected chi connectivity index (χ4v) is 7.52. The molecule has 0 radical (unpaired) electrons. The Balaban J connectivity index is 1.63. The van der Waals surface area contributed by atoms with Crippen molar-refractivity contribution in [1.82, 2.24) is 4.90 Å². The Morgan fingerprint density at radius 1 is 1.06 bits per heavy atom. The fraction of sp³-hybridized carbons (Fsp3) is 0.364. The van der Waals surface area contributed by atoms with Crippen molar-refractivity contribution in [2.45, 2.75) is 12.8 Å². The lowest BCUT2D eigenvalue weighted by Crippen LogP contribution is -2.41. The normalized spacial score (nSPS) is 13.7. The molecule has 6 nitrogen and oxygen atoms in total. The van der Waals surface area contributed by atoms with Crippen molar-refractivity contribution >= 4 is 114 Å². The van der Waals surface area contributed by atoms with Crippen LogP contribution in [-0.2, 0) is 20.7 Å². The van der Waals surface area contributed by atoms with E-state index in [1.54, 1.807) is 0 Å². The molecule has 0 spiro atoms. The highest BCUT2D eigenvalue weighted by atomic mass is 127. The number of hydrogen-bond acceptors (Lipinski definition) is 6. The van der Waals surface area contributed by atoms with Gasteiger partial charge in [-0.3, -0.25) is 4.79 Å². The number of morpholine rings is 1. The van der Waals surface area contributed by atoms with E-state index in [1.807, 2.05) is 24.3 Å². The minimum atomic E-state index is -0.261. The number of rotatable bonds is 9. The quantitative estimate of drug-likeness (QED) is 0.132. The Morgan fingerprint density at radius 2 is 1.70 bits per heavy atom. The summed E-state index contributed by atoms with van der Waals surface area (Å²) >= 11 is 14.4. The lowest BCUT2D eigenvalue weighted by Gasteiger charge is -2.29. The first-order valence-corrected chi connectivity index (χ1v) is 14.7. The maximum atomic E-state index is 11.6. The fourth-order valence-electron chi connectivity index (χ4n) is 3.12. The molecule has 1 aliphatic heterocycles. The molecule has 2 aromatic rings. The number of methoxy groups -OCH3 is 1. The smallest absolute Gasteiger partial charge is 0.309 e. The molecule has 1 saturated heterocycles. The number of carbonyl (C=O) groups excluding carboxylic acids is 1. The van der Waals surface area contributed by atoms with Crippen molar-refractivity contribution in [3.8, 4) is 17.2 Å². The minimum Gasteiger partial charge on any atom is -0.491 e. The average Bonchev–Trinajstić information content (AvgIpc) is 2.76. The van der Waals surface area contributed by atoms with E-state index < -0.39 is 0 Å². The Hall–Kier alpha value is 0.280. The molecular formula is C22H21I4NO5S. The van der Waals surface area contributed by atoms with Gasteiger partial charge in [0.2, 0.25) is 0 Å². The van der Waals surface area contributed by atoms with Crippen molar-refractivity contribution in [3.63, 3.8) is 0 Å². The van der Waals surface area contributed by atoms with Gasteiger partial charge in [-0.2, -0.15) is 0 Å². The van der Waals surface area contributed by atoms with E-state index in [0.29, 0.717) is 13.2 Å². The molecule has 0 amide bonds. The van der Waals surface area contributed by atoms with E-state index in [4.69, 9.17) is 31.2 Å². The summed E-state index contributed by atoms with van der Waals surface area (Å²) in [5.74, 6) is 2.12. The van der Waals surface area contributed by atoms with Crippen molar-refractivity contribution in [3.05, 3.63) is 44.1 Å². The third kappa shape index (κ3) is 8.15. The second-order valence-electron chi connectivity index (χ2n) is 7.09. The SMILES string of the molecule is COC(=O)Cc1cc(I)c(Oc2cc(I)c(OCCCN3CCOCC3=S)c(I)c2)c(I)c1. The maximum absolute atomic E-state index is 11.6. The highest BCUT2D eigenvalue weighted by molar-refractivity contribution is 14.1. The molecule has 1 aliphatic rings. The van der Waals surface area contributed by atoms with Crippen molar-refractivity contribution in [2.75, 3.05) is 40.0 Å². The summed E-state index contributed by atoms with van der Waals surface area (Å²) < 4.78 is 26.3. The minimum absolute atomic E-state index is 0.238. The third-order valence-electron chi connectivity index (χ3n) is 4.73. The van der Waals surface area contributed by atoms with E-state index >= 15 is 0 Å². The molecule has 0 unspecified atom stereocenters. The number of thiocarbonyl (C=S) groups is 1. The monoisotopic (exact) mass is 919 g/mol. The van der Waals surface area contributed by atoms with Crippen LogP contribution in [0.25, 0.3) is 0 Å². The zero-order valence-electron chi connectivity index (χ0n) is 17.7. The molecule has 0 aromatic heterocycles. The lowest BCUT2D eigenvalue weighted by atomic mass is 10.1. The predicted molar refractivity (Wildman–Crippen MR) is 165 cm³/mol. The van der Waals surface area contributed by atoms with E-state index in [0.717, 1.165) is 68.2 Å². The summed E-state index contributed by atoms with van der Waals surface area (Å²) in [5.41, 5.74) is 0.897. The number of halogens is 4. The zero-order valence-corrected chi connectivity index (χ0v) is 27.1. The third-order valence-corrected chi connectivity index (χ3v) is 8.31. The van der Waals surface area contributed by atoms with E-state index in [2.05, 4.69) is 95.3 Å². The topological polar surface area (TPSA) is 57.2 Å². The molecule has 0 N–H and O–H groups in total. The van der Waals surface area contributed by atoms with Crippen molar-refractivity contribution in [2.24, 2.45) is 0 Å². The van der Waals surface area contributed by atoms with E-state index in [9.17, 15) is 4.79 Å². The Bertz CT molecular complexity index is 990. The summed E-state index contributed by atoms with van der Waals surface area (Å²) in [4.78, 5) is 14.7. The zero-order chi connectivity index (χ0) is 24.0. The number of benzene rings is 2. The summed E-state index contributed by atoms with van der Waals surface area (Å²) in [6.07, 6.45) is 1.13. The molecule has 1 heterocycles. The van der Waals surface area contributed by atoms with Gasteiger partial charge in [-0.1, -0.05) is 12.2 Å². The van der Waals surface area contributed by atoms with Crippen LogP contribution in [0.3, 0.4) is 0 Å². The largest absolute Gasteiger partial charge is 0.491 e. The number of nitrogens with zero attached hydrogens (tertiary/aromatic N) is 1. The second-order valence-corrected chi connectivity index (χ2v) is 12.2. The van der Waals surface area contributed by atoms with Crippen LogP contribution in [0.15, 0.2) is 24.3 Å². The number of esters is 1. The van der Waals surface area contributed by atoms with Crippen molar-refractivity contribution < 1.29 is 23.7 Å². The van der Waals surface area contributed by atoms with Gasteiger partial charge in [-0.15, -0.1) is 0 Å². The maximum Gasteiger partial charge on any atom is 0.309 e. The van der Waals surface area contributed by atoms with Gasteiger partial charge in [-0.05, 0) is 127 Å². The van der Waals surface area contributed by atoms with E-state index in [-0.39, 0.29) is 12.4 Å². The molecule has 11 heteroatoms. The first kappa shape index (κ1) is 27.9. The summed E-state index contributed by atoms with van der Waals surface area (Å²) in [6.45, 7) is 3.60. The van der Waals surface area contributed by atoms with Crippen LogP contribution in [0.1, 0.15) is 12.0 Å². The molecule has 2 aromatic carbocycles. The van der Waals surface area contributed by atoms with Crippen LogP contribution in [0.4, 0.5) is 0 Å². The second kappa shape index (κ2) is 13.5. The Morgan fingerprint density at radius 3 is 2.30 bits per heavy atom. The highest BCUT2D eigenvalue weighted by Gasteiger charge is 2.17. The summed E-state index contributed by atoms with van der Waals surface area (Å²) in [7, 11) is 1.39. The van der Waals surface area contributed by atoms with Crippen LogP contribution in [0.5, 0.6) is 17.2 Å². The standard InChI is InChI=1S/C22H21I4NO5S/c1-29-20(28)9-13-7-15(23)22(16(24)8-13)32-14-10-17(25)21(18(26)11-14)31-5-2-3-27-4-6-30-12-19(27)33/h7-8,10-11H,2-6,9,12H2,1H3. The molecule has 3 rings (SSSR count). The summed E-state index contributed by atoms with van der Waals surface area (Å²) in [6, 6.07) is 7.85. The predicted octanol–water partition coefficient (Wildman–Crippen LogP) is 6.04. The molecule has 1 fully saturated rings. The van der Waals surface area contributed by atoms with Gasteiger partial charge < -0.3 is 23.8 Å². The molecule has 0 atom stereocenters. The molecule has 0 aliphatic carbocycles. The molecule has 33 heavy (non-hydrogen) atoms. The first-order chi connectivity index (χ1) is 15.8. The van der Waals surface area contributed by atoms with Crippen LogP contribution in [0.2, 0.25) is 0 Å². The van der Waals surface area contributed by atoms with Gasteiger partial charge in [0.05, 0.1) is 47.6 Å². The number of hydrogen-bond donors (Lipinski definition) is 0. The van der Waals surface area contributed by atoms with Crippen LogP contribution < -0.4 is 9.47 Å². The number of ether oxygens (including phenoxy) is 4. The van der Waals surface area contributed by atoms with E-state index in [1.165, 1.54) is 7.11 Å². The van der Waals surface area contributed by atoms with Crippen LogP contribution in [-0.4, -0.2) is 55.9 Å². The molecule has 178 valence electrons. The van der Waals surface area contributed by atoms with Gasteiger partial charge in [0.15, 0.2) is 5.75 Å². The summed E-state index contributed by atoms with van der Waals surface area (Å²) in [5, 5.41) is 0. The Kier molecular flexibility index (Phi) is 11.4. The molecule has 0 saturated carbocycles. The van der Waals surface area contributed by atoms with Crippen molar-refractivity contribution in [1.29, 1.82) is 0 Å². The van der Waals surface area contributed by atoms with Gasteiger partial charge in [0.1, 0.15) is 16.5 Å². The molecule has 0 bridgehead atoms. The highest BCUT2D eigenvalue weighted by Crippen LogP contribution is 2.37. The van der Waals surface area contributed by atoms with Gasteiger partial charge >= 0.3 is 5.97 Å². The van der Waals surface area contributed by atoms with Crippen LogP contribution in [0, 0.1) is 14.3 Å². The van der Waals surface area contributed by atoms with Gasteiger partial charge in [-0.25, -0.2) is 0 Å².